The van der Waals surface area contributed by atoms with Crippen LogP contribution in [0.3, 0.4) is 0 Å². The van der Waals surface area contributed by atoms with Crippen molar-refractivity contribution in [1.29, 1.82) is 0 Å². The number of hydrogen-bond donors (Lipinski definition) is 0. The summed E-state index contributed by atoms with van der Waals surface area (Å²) in [7, 11) is 0. The molecule has 0 N–H and O–H groups in total. The number of ketones is 1. The van der Waals surface area contributed by atoms with E-state index in [0.717, 1.165) is 25.7 Å². The van der Waals surface area contributed by atoms with Gasteiger partial charge in [-0.1, -0.05) is 19.3 Å². The highest BCUT2D eigenvalue weighted by Gasteiger charge is 2.35. The number of amides is 1. The predicted octanol–water partition coefficient (Wildman–Crippen LogP) is 3.75. The zero-order valence-electron chi connectivity index (χ0n) is 12.9. The molecule has 0 unspecified atom stereocenters. The van der Waals surface area contributed by atoms with Gasteiger partial charge in [-0.15, -0.1) is 11.6 Å². The Bertz CT molecular complexity index is 346. The number of ether oxygens (including phenoxy) is 1. The van der Waals surface area contributed by atoms with Crippen LogP contribution in [0.5, 0.6) is 0 Å². The van der Waals surface area contributed by atoms with Crippen molar-refractivity contribution in [2.45, 2.75) is 77.5 Å². The normalized spacial score (nSPS) is 18.4. The van der Waals surface area contributed by atoms with Crippen LogP contribution in [-0.2, 0) is 9.53 Å². The summed E-state index contributed by atoms with van der Waals surface area (Å²) in [6, 6.07) is -0.439. The van der Waals surface area contributed by atoms with Crippen molar-refractivity contribution in [3.05, 3.63) is 0 Å². The Morgan fingerprint density at radius 1 is 1.25 bits per heavy atom. The number of carbonyl (C=O) groups excluding carboxylic acids is 2. The van der Waals surface area contributed by atoms with Gasteiger partial charge in [0, 0.05) is 6.04 Å². The van der Waals surface area contributed by atoms with Crippen LogP contribution in [0.2, 0.25) is 0 Å². The molecule has 0 aromatic heterocycles. The summed E-state index contributed by atoms with van der Waals surface area (Å²) in [6.07, 6.45) is 4.82. The van der Waals surface area contributed by atoms with E-state index in [9.17, 15) is 9.59 Å². The maximum Gasteiger partial charge on any atom is 0.411 e. The van der Waals surface area contributed by atoms with Crippen LogP contribution < -0.4 is 0 Å². The van der Waals surface area contributed by atoms with Crippen molar-refractivity contribution >= 4 is 23.5 Å². The van der Waals surface area contributed by atoms with Gasteiger partial charge in [-0.2, -0.15) is 0 Å². The molecule has 4 nitrogen and oxygen atoms in total. The lowest BCUT2D eigenvalue weighted by Crippen LogP contribution is -2.52. The molecule has 116 valence electrons. The maximum absolute atomic E-state index is 12.4. The number of halogens is 1. The number of Topliss-reactive ketones (excluding diaryl/α,β-unsaturated/α-hetero) is 1. The molecule has 0 heterocycles. The number of carbonyl (C=O) groups is 2. The van der Waals surface area contributed by atoms with Gasteiger partial charge >= 0.3 is 6.09 Å². The van der Waals surface area contributed by atoms with Crippen molar-refractivity contribution in [3.8, 4) is 0 Å². The van der Waals surface area contributed by atoms with E-state index in [-0.39, 0.29) is 17.7 Å². The second kappa shape index (κ2) is 7.30. The first-order chi connectivity index (χ1) is 9.26. The summed E-state index contributed by atoms with van der Waals surface area (Å²) in [5.41, 5.74) is -0.562. The Morgan fingerprint density at radius 2 is 1.80 bits per heavy atom. The van der Waals surface area contributed by atoms with E-state index >= 15 is 0 Å². The predicted molar refractivity (Wildman–Crippen MR) is 80.1 cm³/mol. The highest BCUT2D eigenvalue weighted by atomic mass is 35.5. The van der Waals surface area contributed by atoms with Gasteiger partial charge in [0.05, 0.1) is 11.9 Å². The van der Waals surface area contributed by atoms with Crippen molar-refractivity contribution < 1.29 is 14.3 Å². The second-order valence-electron chi connectivity index (χ2n) is 6.46. The number of rotatable bonds is 4. The molecule has 0 radical (unpaired) electrons. The topological polar surface area (TPSA) is 46.6 Å². The van der Waals surface area contributed by atoms with Crippen LogP contribution in [0.4, 0.5) is 4.79 Å². The van der Waals surface area contributed by atoms with E-state index in [1.165, 1.54) is 6.42 Å². The maximum atomic E-state index is 12.4. The van der Waals surface area contributed by atoms with Gasteiger partial charge in [0.15, 0.2) is 5.78 Å². The second-order valence-corrected chi connectivity index (χ2v) is 6.72. The summed E-state index contributed by atoms with van der Waals surface area (Å²) in [4.78, 5) is 25.9. The largest absolute Gasteiger partial charge is 0.444 e. The fraction of sp³-hybridized carbons (Fsp3) is 0.867. The molecule has 5 heteroatoms. The van der Waals surface area contributed by atoms with Gasteiger partial charge in [-0.05, 0) is 40.5 Å². The smallest absolute Gasteiger partial charge is 0.411 e. The molecule has 1 saturated carbocycles. The molecule has 0 bridgehead atoms. The molecule has 0 spiro atoms. The Labute approximate surface area is 126 Å². The summed E-state index contributed by atoms with van der Waals surface area (Å²) in [5, 5.41) is 0. The monoisotopic (exact) mass is 303 g/mol. The van der Waals surface area contributed by atoms with Gasteiger partial charge in [0.2, 0.25) is 0 Å². The first-order valence-electron chi connectivity index (χ1n) is 7.36. The lowest BCUT2D eigenvalue weighted by molar-refractivity contribution is -0.122. The van der Waals surface area contributed by atoms with E-state index in [0.29, 0.717) is 0 Å². The lowest BCUT2D eigenvalue weighted by atomic mass is 9.93. The average molecular weight is 304 g/mol. The Hall–Kier alpha value is -0.770. The van der Waals surface area contributed by atoms with Crippen LogP contribution >= 0.6 is 11.6 Å². The molecule has 1 atom stereocenters. The minimum Gasteiger partial charge on any atom is -0.444 e. The van der Waals surface area contributed by atoms with Gasteiger partial charge in [0.1, 0.15) is 5.60 Å². The van der Waals surface area contributed by atoms with Crippen molar-refractivity contribution in [3.63, 3.8) is 0 Å². The minimum absolute atomic E-state index is 0.0762. The SMILES string of the molecule is C[C@@H](C(=O)CCl)N(C(=O)OC(C)(C)C)C1CCCCC1. The van der Waals surface area contributed by atoms with Gasteiger partial charge in [-0.25, -0.2) is 4.79 Å². The van der Waals surface area contributed by atoms with Crippen LogP contribution in [0.15, 0.2) is 0 Å². The van der Waals surface area contributed by atoms with Crippen molar-refractivity contribution in [2.24, 2.45) is 0 Å². The third-order valence-corrected chi connectivity index (χ3v) is 3.85. The molecule has 1 fully saturated rings. The molecule has 0 aliphatic heterocycles. The molecule has 0 saturated heterocycles. The molecule has 20 heavy (non-hydrogen) atoms. The Kier molecular flexibility index (Phi) is 6.31. The van der Waals surface area contributed by atoms with Crippen LogP contribution in [0.1, 0.15) is 59.8 Å². The van der Waals surface area contributed by atoms with Gasteiger partial charge < -0.3 is 4.74 Å². The van der Waals surface area contributed by atoms with E-state index < -0.39 is 17.7 Å². The molecule has 1 rings (SSSR count). The zero-order valence-corrected chi connectivity index (χ0v) is 13.7. The van der Waals surface area contributed by atoms with E-state index in [4.69, 9.17) is 16.3 Å². The van der Waals surface area contributed by atoms with Crippen LogP contribution in [-0.4, -0.2) is 40.3 Å². The standard InChI is InChI=1S/C15H26ClNO3/c1-11(13(18)10-16)17(12-8-6-5-7-9-12)14(19)20-15(2,3)4/h11-12H,5-10H2,1-4H3/t11-/m0/s1. The molecule has 0 aromatic rings. The summed E-state index contributed by atoms with van der Waals surface area (Å²) in [6.45, 7) is 7.23. The van der Waals surface area contributed by atoms with Crippen LogP contribution in [0, 0.1) is 0 Å². The summed E-state index contributed by atoms with van der Waals surface area (Å²) in [5.74, 6) is -0.212. The molecule has 1 amide bonds. The number of nitrogens with zero attached hydrogens (tertiary/aromatic N) is 1. The first-order valence-corrected chi connectivity index (χ1v) is 7.89. The van der Waals surface area contributed by atoms with E-state index in [1.54, 1.807) is 11.8 Å². The first kappa shape index (κ1) is 17.3. The molecule has 0 aromatic carbocycles. The number of alkyl halides is 1. The third kappa shape index (κ3) is 4.97. The third-order valence-electron chi connectivity index (χ3n) is 3.59. The van der Waals surface area contributed by atoms with E-state index in [1.807, 2.05) is 20.8 Å². The van der Waals surface area contributed by atoms with Gasteiger partial charge in [0.25, 0.3) is 0 Å². The highest BCUT2D eigenvalue weighted by Crippen LogP contribution is 2.26. The molecular formula is C15H26ClNO3. The van der Waals surface area contributed by atoms with Crippen molar-refractivity contribution in [1.82, 2.24) is 4.90 Å². The fourth-order valence-electron chi connectivity index (χ4n) is 2.56. The minimum atomic E-state index is -0.562. The summed E-state index contributed by atoms with van der Waals surface area (Å²) < 4.78 is 5.46. The quantitative estimate of drug-likeness (QED) is 0.743. The Balaban J connectivity index is 2.87. The van der Waals surface area contributed by atoms with E-state index in [2.05, 4.69) is 0 Å². The summed E-state index contributed by atoms with van der Waals surface area (Å²) >= 11 is 5.64. The average Bonchev–Trinajstić information content (AvgIpc) is 2.37. The highest BCUT2D eigenvalue weighted by molar-refractivity contribution is 6.28. The van der Waals surface area contributed by atoms with Crippen molar-refractivity contribution in [2.75, 3.05) is 5.88 Å². The van der Waals surface area contributed by atoms with Gasteiger partial charge in [-0.3, -0.25) is 9.69 Å². The van der Waals surface area contributed by atoms with Crippen LogP contribution in [0.25, 0.3) is 0 Å². The fourth-order valence-corrected chi connectivity index (χ4v) is 2.79. The molecule has 1 aliphatic rings. The number of hydrogen-bond acceptors (Lipinski definition) is 3. The lowest BCUT2D eigenvalue weighted by Gasteiger charge is -2.38. The Morgan fingerprint density at radius 3 is 2.25 bits per heavy atom. The molecule has 1 aliphatic carbocycles. The zero-order chi connectivity index (χ0) is 15.3. The molecular weight excluding hydrogens is 278 g/mol.